The molecular formula is C19H25NO4. The van der Waals surface area contributed by atoms with Gasteiger partial charge in [-0.1, -0.05) is 56.5 Å². The Hall–Kier alpha value is -2.17. The number of ketones is 1. The summed E-state index contributed by atoms with van der Waals surface area (Å²) in [6.07, 6.45) is 4.65. The van der Waals surface area contributed by atoms with E-state index in [1.54, 1.807) is 30.3 Å². The van der Waals surface area contributed by atoms with Crippen molar-refractivity contribution < 1.29 is 19.1 Å². The van der Waals surface area contributed by atoms with Crippen LogP contribution in [-0.4, -0.2) is 30.8 Å². The predicted molar refractivity (Wildman–Crippen MR) is 90.6 cm³/mol. The van der Waals surface area contributed by atoms with Crippen LogP contribution in [0.4, 0.5) is 0 Å². The maximum Gasteiger partial charge on any atom is 0.329 e. The molecule has 130 valence electrons. The van der Waals surface area contributed by atoms with Crippen LogP contribution in [0.15, 0.2) is 30.3 Å². The Morgan fingerprint density at radius 2 is 1.92 bits per heavy atom. The van der Waals surface area contributed by atoms with Gasteiger partial charge in [0.2, 0.25) is 11.3 Å². The fourth-order valence-corrected chi connectivity index (χ4v) is 2.98. The Balaban J connectivity index is 2.16. The predicted octanol–water partition coefficient (Wildman–Crippen LogP) is 2.89. The molecule has 0 spiro atoms. The molecule has 5 heteroatoms. The van der Waals surface area contributed by atoms with E-state index < -0.39 is 23.1 Å². The lowest BCUT2D eigenvalue weighted by atomic mass is 9.74. The minimum absolute atomic E-state index is 0.195. The molecule has 1 unspecified atom stereocenters. The van der Waals surface area contributed by atoms with Crippen molar-refractivity contribution in [1.82, 2.24) is 5.32 Å². The summed E-state index contributed by atoms with van der Waals surface area (Å²) < 4.78 is 5.32. The van der Waals surface area contributed by atoms with Crippen LogP contribution in [0.1, 0.15) is 55.8 Å². The molecule has 5 nitrogen and oxygen atoms in total. The summed E-state index contributed by atoms with van der Waals surface area (Å²) >= 11 is 0. The third-order valence-corrected chi connectivity index (χ3v) is 4.40. The van der Waals surface area contributed by atoms with Crippen LogP contribution >= 0.6 is 0 Å². The standard InChI is InChI=1S/C19H25NO4/c1-2-3-4-8-14-24-18(23)19(12-9-13-20-17(19)22)16(21)15-10-6-5-7-11-15/h5-7,10-11H,2-4,8-9,12-14H2,1H3,(H,20,22). The van der Waals surface area contributed by atoms with Crippen molar-refractivity contribution in [2.75, 3.05) is 13.2 Å². The van der Waals surface area contributed by atoms with Gasteiger partial charge in [0.1, 0.15) is 0 Å². The summed E-state index contributed by atoms with van der Waals surface area (Å²) in [5.41, 5.74) is -1.39. The number of ether oxygens (including phenoxy) is 1. The molecule has 2 rings (SSSR count). The van der Waals surface area contributed by atoms with Crippen LogP contribution in [0.2, 0.25) is 0 Å². The van der Waals surface area contributed by atoms with Gasteiger partial charge < -0.3 is 10.1 Å². The highest BCUT2D eigenvalue weighted by molar-refractivity contribution is 6.26. The minimum Gasteiger partial charge on any atom is -0.465 e. The summed E-state index contributed by atoms with van der Waals surface area (Å²) in [5.74, 6) is -1.73. The highest BCUT2D eigenvalue weighted by Crippen LogP contribution is 2.33. The van der Waals surface area contributed by atoms with Crippen LogP contribution in [0, 0.1) is 5.41 Å². The van der Waals surface area contributed by atoms with Gasteiger partial charge >= 0.3 is 5.97 Å². The first-order chi connectivity index (χ1) is 11.6. The second-order valence-corrected chi connectivity index (χ2v) is 6.16. The number of rotatable bonds is 8. The Labute approximate surface area is 142 Å². The van der Waals surface area contributed by atoms with Crippen molar-refractivity contribution in [3.63, 3.8) is 0 Å². The molecule has 0 saturated carbocycles. The average Bonchev–Trinajstić information content (AvgIpc) is 2.62. The molecule has 24 heavy (non-hydrogen) atoms. The lowest BCUT2D eigenvalue weighted by Crippen LogP contribution is -2.56. The van der Waals surface area contributed by atoms with Gasteiger partial charge in [-0.2, -0.15) is 0 Å². The molecule has 1 fully saturated rings. The Morgan fingerprint density at radius 3 is 2.58 bits per heavy atom. The highest BCUT2D eigenvalue weighted by Gasteiger charge is 2.55. The first-order valence-electron chi connectivity index (χ1n) is 8.68. The van der Waals surface area contributed by atoms with Gasteiger partial charge in [-0.25, -0.2) is 0 Å². The van der Waals surface area contributed by atoms with E-state index in [0.717, 1.165) is 25.7 Å². The van der Waals surface area contributed by atoms with Gasteiger partial charge in [-0.3, -0.25) is 14.4 Å². The van der Waals surface area contributed by atoms with Gasteiger partial charge in [0.05, 0.1) is 6.61 Å². The molecule has 1 N–H and O–H groups in total. The number of nitrogens with one attached hydrogen (secondary N) is 1. The number of unbranched alkanes of at least 4 members (excludes halogenated alkanes) is 3. The van der Waals surface area contributed by atoms with E-state index in [9.17, 15) is 14.4 Å². The monoisotopic (exact) mass is 331 g/mol. The molecule has 0 radical (unpaired) electrons. The number of carbonyl (C=O) groups excluding carboxylic acids is 3. The smallest absolute Gasteiger partial charge is 0.329 e. The van der Waals surface area contributed by atoms with E-state index in [0.29, 0.717) is 18.5 Å². The van der Waals surface area contributed by atoms with Crippen molar-refractivity contribution in [2.24, 2.45) is 5.41 Å². The number of benzene rings is 1. The van der Waals surface area contributed by atoms with Gasteiger partial charge in [0.25, 0.3) is 0 Å². The lowest BCUT2D eigenvalue weighted by Gasteiger charge is -2.32. The van der Waals surface area contributed by atoms with Gasteiger partial charge in [-0.15, -0.1) is 0 Å². The summed E-state index contributed by atoms with van der Waals surface area (Å²) in [5, 5.41) is 2.65. The maximum atomic E-state index is 12.9. The van der Waals surface area contributed by atoms with Crippen LogP contribution < -0.4 is 5.32 Å². The summed E-state index contributed by atoms with van der Waals surface area (Å²) in [6, 6.07) is 8.48. The zero-order chi connectivity index (χ0) is 17.4. The molecule has 0 aromatic heterocycles. The number of esters is 1. The van der Waals surface area contributed by atoms with E-state index in [4.69, 9.17) is 4.74 Å². The molecule has 1 heterocycles. The molecular weight excluding hydrogens is 306 g/mol. The van der Waals surface area contributed by atoms with E-state index >= 15 is 0 Å². The Kier molecular flexibility index (Phi) is 6.53. The first kappa shape index (κ1) is 18.2. The zero-order valence-corrected chi connectivity index (χ0v) is 14.2. The maximum absolute atomic E-state index is 12.9. The quantitative estimate of drug-likeness (QED) is 0.344. The fourth-order valence-electron chi connectivity index (χ4n) is 2.98. The Morgan fingerprint density at radius 1 is 1.17 bits per heavy atom. The van der Waals surface area contributed by atoms with Crippen LogP contribution in [0.5, 0.6) is 0 Å². The van der Waals surface area contributed by atoms with Crippen molar-refractivity contribution in [1.29, 1.82) is 0 Å². The average molecular weight is 331 g/mol. The van der Waals surface area contributed by atoms with E-state index in [-0.39, 0.29) is 13.0 Å². The molecule has 1 amide bonds. The summed E-state index contributed by atoms with van der Waals surface area (Å²) in [6.45, 7) is 2.83. The molecule has 1 aliphatic rings. The normalized spacial score (nSPS) is 20.3. The number of carbonyl (C=O) groups is 3. The molecule has 1 saturated heterocycles. The highest BCUT2D eigenvalue weighted by atomic mass is 16.5. The van der Waals surface area contributed by atoms with Crippen molar-refractivity contribution in [3.8, 4) is 0 Å². The second-order valence-electron chi connectivity index (χ2n) is 6.16. The minimum atomic E-state index is -1.75. The lowest BCUT2D eigenvalue weighted by molar-refractivity contribution is -0.159. The molecule has 1 atom stereocenters. The third kappa shape index (κ3) is 3.83. The second kappa shape index (κ2) is 8.62. The molecule has 1 aromatic rings. The zero-order valence-electron chi connectivity index (χ0n) is 14.2. The Bertz CT molecular complexity index is 584. The summed E-state index contributed by atoms with van der Waals surface area (Å²) in [4.78, 5) is 38.1. The SMILES string of the molecule is CCCCCCOC(=O)C1(C(=O)c2ccccc2)CCCNC1=O. The number of Topliss-reactive ketones (excluding diaryl/α,β-unsaturated/α-hetero) is 1. The third-order valence-electron chi connectivity index (χ3n) is 4.40. The number of hydrogen-bond donors (Lipinski definition) is 1. The van der Waals surface area contributed by atoms with Crippen LogP contribution in [0.25, 0.3) is 0 Å². The molecule has 1 aromatic carbocycles. The number of amides is 1. The van der Waals surface area contributed by atoms with E-state index in [1.165, 1.54) is 0 Å². The molecule has 1 aliphatic heterocycles. The summed E-state index contributed by atoms with van der Waals surface area (Å²) in [7, 11) is 0. The first-order valence-corrected chi connectivity index (χ1v) is 8.68. The van der Waals surface area contributed by atoms with Crippen molar-refractivity contribution >= 4 is 17.7 Å². The van der Waals surface area contributed by atoms with Crippen LogP contribution in [0.3, 0.4) is 0 Å². The molecule has 0 aliphatic carbocycles. The van der Waals surface area contributed by atoms with Gasteiger partial charge in [0, 0.05) is 12.1 Å². The largest absolute Gasteiger partial charge is 0.465 e. The molecule has 0 bridgehead atoms. The van der Waals surface area contributed by atoms with Crippen molar-refractivity contribution in [3.05, 3.63) is 35.9 Å². The number of hydrogen-bond acceptors (Lipinski definition) is 4. The van der Waals surface area contributed by atoms with Crippen LogP contribution in [-0.2, 0) is 14.3 Å². The van der Waals surface area contributed by atoms with E-state index in [1.807, 2.05) is 0 Å². The number of piperidine rings is 1. The van der Waals surface area contributed by atoms with E-state index in [2.05, 4.69) is 12.2 Å². The fraction of sp³-hybridized carbons (Fsp3) is 0.526. The van der Waals surface area contributed by atoms with Crippen molar-refractivity contribution in [2.45, 2.75) is 45.4 Å². The van der Waals surface area contributed by atoms with Gasteiger partial charge in [-0.05, 0) is 19.3 Å². The topological polar surface area (TPSA) is 72.5 Å². The van der Waals surface area contributed by atoms with Gasteiger partial charge in [0.15, 0.2) is 5.78 Å².